The van der Waals surface area contributed by atoms with E-state index in [1.54, 1.807) is 29.7 Å². The van der Waals surface area contributed by atoms with E-state index < -0.39 is 45.2 Å². The van der Waals surface area contributed by atoms with Crippen LogP contribution in [0.2, 0.25) is 0 Å². The molecule has 1 atom stereocenters. The number of fused-ring (bicyclic) bond motifs is 6. The van der Waals surface area contributed by atoms with Gasteiger partial charge in [0, 0.05) is 34.0 Å². The summed E-state index contributed by atoms with van der Waals surface area (Å²) in [5, 5.41) is 14.6. The van der Waals surface area contributed by atoms with Crippen molar-refractivity contribution in [2.45, 2.75) is 101 Å². The number of para-hydroxylation sites is 1. The topological polar surface area (TPSA) is 179 Å². The molecular weight excluding hydrogens is 775 g/mol. The largest absolute Gasteiger partial charge is 0.457 e. The Balaban J connectivity index is 1.07. The van der Waals surface area contributed by atoms with Crippen molar-refractivity contribution in [3.05, 3.63) is 106 Å². The fraction of sp³-hybridized carbons (Fsp3) is 0.386. The van der Waals surface area contributed by atoms with Crippen LogP contribution in [0.4, 0.5) is 0 Å². The number of nitrogens with zero attached hydrogens (tertiary/aromatic N) is 4. The number of rotatable bonds is 10. The third-order valence-electron chi connectivity index (χ3n) is 11.6. The molecule has 2 N–H and O–H groups in total. The summed E-state index contributed by atoms with van der Waals surface area (Å²) < 4.78 is 49.5. The van der Waals surface area contributed by atoms with Gasteiger partial charge in [0.25, 0.3) is 15.6 Å². The third kappa shape index (κ3) is 7.41. The lowest BCUT2D eigenvalue weighted by molar-refractivity contribution is -0.261. The van der Waals surface area contributed by atoms with Crippen LogP contribution < -0.4 is 10.3 Å². The Labute approximate surface area is 341 Å². The summed E-state index contributed by atoms with van der Waals surface area (Å²) in [5.74, 6) is -1.83. The Hall–Kier alpha value is -5.48. The minimum Gasteiger partial charge on any atom is -0.457 e. The van der Waals surface area contributed by atoms with Gasteiger partial charge in [-0.3, -0.25) is 14.5 Å². The summed E-state index contributed by atoms with van der Waals surface area (Å²) in [5.41, 5.74) is -0.377. The van der Waals surface area contributed by atoms with Crippen LogP contribution in [0.3, 0.4) is 0 Å². The van der Waals surface area contributed by atoms with Crippen LogP contribution in [0, 0.1) is 0 Å². The number of esters is 2. The zero-order chi connectivity index (χ0) is 41.9. The maximum atomic E-state index is 14.0. The van der Waals surface area contributed by atoms with Crippen LogP contribution in [0.5, 0.6) is 0 Å². The van der Waals surface area contributed by atoms with Crippen molar-refractivity contribution in [1.82, 2.24) is 19.3 Å². The molecule has 0 bridgehead atoms. The number of aromatic nitrogens is 2. The monoisotopic (exact) mass is 821 g/mol. The van der Waals surface area contributed by atoms with E-state index in [0.717, 1.165) is 27.2 Å². The average molecular weight is 822 g/mol. The van der Waals surface area contributed by atoms with Crippen molar-refractivity contribution >= 4 is 49.5 Å². The first-order valence-electron chi connectivity index (χ1n) is 19.7. The van der Waals surface area contributed by atoms with Gasteiger partial charge in [0.1, 0.15) is 19.0 Å². The molecule has 2 aromatic heterocycles. The number of aliphatic imine (C=N–C) groups is 1. The number of sulfonamides is 1. The molecule has 5 heterocycles. The molecule has 308 valence electrons. The molecule has 14 nitrogen and oxygen atoms in total. The molecule has 5 aromatic rings. The van der Waals surface area contributed by atoms with Gasteiger partial charge in [-0.1, -0.05) is 55.5 Å². The quantitative estimate of drug-likeness (QED) is 0.0944. The lowest BCUT2D eigenvalue weighted by atomic mass is 9.80. The fourth-order valence-electron chi connectivity index (χ4n) is 8.80. The lowest BCUT2D eigenvalue weighted by Crippen LogP contribution is -2.60. The number of cyclic esters (lactones) is 1. The number of benzene rings is 3. The second kappa shape index (κ2) is 15.0. The zero-order valence-electron chi connectivity index (χ0n) is 33.7. The van der Waals surface area contributed by atoms with Crippen LogP contribution in [0.15, 0.2) is 93.5 Å². The molecule has 0 radical (unpaired) electrons. The van der Waals surface area contributed by atoms with Gasteiger partial charge in [-0.05, 0) is 88.1 Å². The summed E-state index contributed by atoms with van der Waals surface area (Å²) in [4.78, 5) is 50.7. The van der Waals surface area contributed by atoms with Crippen LogP contribution in [-0.4, -0.2) is 76.3 Å². The Morgan fingerprint density at radius 1 is 0.966 bits per heavy atom. The molecule has 1 saturated heterocycles. The molecule has 15 heteroatoms. The fourth-order valence-corrected chi connectivity index (χ4v) is 9.92. The van der Waals surface area contributed by atoms with Crippen molar-refractivity contribution in [3.8, 4) is 11.4 Å². The maximum Gasteiger partial charge on any atom is 0.355 e. The van der Waals surface area contributed by atoms with E-state index >= 15 is 0 Å². The van der Waals surface area contributed by atoms with Crippen molar-refractivity contribution in [2.24, 2.45) is 4.99 Å². The summed E-state index contributed by atoms with van der Waals surface area (Å²) >= 11 is 0. The molecule has 0 amide bonds. The molecular formula is C44H47N5O9S. The lowest BCUT2D eigenvalue weighted by Gasteiger charge is -2.51. The Morgan fingerprint density at radius 2 is 1.66 bits per heavy atom. The number of hydroxylamine groups is 2. The SMILES string of the molecule is CC[C@@]1(OC(=O)CN=C(CCOC2CC(C)(C)N(O)C(C)(C)C2)NS(=O)(=O)c2ccc3ccccc3c2)C(=O)OCc2c1cc1n(c2=O)Cc2cc3ccccc3nc2-1. The van der Waals surface area contributed by atoms with Gasteiger partial charge in [0.15, 0.2) is 0 Å². The molecule has 3 aliphatic rings. The summed E-state index contributed by atoms with van der Waals surface area (Å²) in [6, 6.07) is 23.4. The van der Waals surface area contributed by atoms with Gasteiger partial charge in [-0.15, -0.1) is 0 Å². The standard InChI is InChI=1S/C44H47N5O9S/c1-6-44(34-21-36-39-30(19-29-13-9-10-14-35(29)46-39)25-48(36)40(51)33(34)26-57-41(44)52)58-38(50)24-45-37(17-18-56-31-22-42(2,3)49(53)43(4,5)23-31)47-59(54,55)32-16-15-27-11-7-8-12-28(27)20-32/h7-16,19-21,31,53H,6,17-18,22-26H2,1-5H3,(H,45,47)/t44-/m0/s1. The van der Waals surface area contributed by atoms with Crippen molar-refractivity contribution in [2.75, 3.05) is 13.2 Å². The Kier molecular flexibility index (Phi) is 10.2. The van der Waals surface area contributed by atoms with Gasteiger partial charge >= 0.3 is 11.9 Å². The van der Waals surface area contributed by atoms with Gasteiger partial charge in [-0.2, -0.15) is 5.06 Å². The molecule has 0 aliphatic carbocycles. The van der Waals surface area contributed by atoms with Gasteiger partial charge in [0.2, 0.25) is 5.60 Å². The van der Waals surface area contributed by atoms with Gasteiger partial charge < -0.3 is 24.0 Å². The number of amidine groups is 1. The molecule has 3 aromatic carbocycles. The highest BCUT2D eigenvalue weighted by molar-refractivity contribution is 7.90. The highest BCUT2D eigenvalue weighted by Gasteiger charge is 2.50. The van der Waals surface area contributed by atoms with E-state index in [1.165, 1.54) is 11.1 Å². The van der Waals surface area contributed by atoms with Crippen molar-refractivity contribution < 1.29 is 37.4 Å². The van der Waals surface area contributed by atoms with E-state index in [9.17, 15) is 28.0 Å². The van der Waals surface area contributed by atoms with Crippen LogP contribution >= 0.6 is 0 Å². The van der Waals surface area contributed by atoms with Crippen molar-refractivity contribution in [1.29, 1.82) is 0 Å². The number of ether oxygens (including phenoxy) is 3. The molecule has 0 unspecified atom stereocenters. The second-order valence-corrected chi connectivity index (χ2v) is 18.4. The van der Waals surface area contributed by atoms with Gasteiger partial charge in [0.05, 0.1) is 46.6 Å². The predicted octanol–water partition coefficient (Wildman–Crippen LogP) is 5.98. The minimum absolute atomic E-state index is 0.000542. The highest BCUT2D eigenvalue weighted by Crippen LogP contribution is 2.41. The van der Waals surface area contributed by atoms with Crippen molar-refractivity contribution in [3.63, 3.8) is 0 Å². The summed E-state index contributed by atoms with van der Waals surface area (Å²) in [7, 11) is -4.19. The van der Waals surface area contributed by atoms with Gasteiger partial charge in [-0.25, -0.2) is 23.0 Å². The smallest absolute Gasteiger partial charge is 0.355 e. The first-order valence-corrected chi connectivity index (χ1v) is 21.2. The Bertz CT molecular complexity index is 2710. The number of pyridine rings is 2. The Morgan fingerprint density at radius 3 is 2.39 bits per heavy atom. The van der Waals surface area contributed by atoms with E-state index in [2.05, 4.69) is 9.71 Å². The summed E-state index contributed by atoms with van der Waals surface area (Å²) in [6.07, 6.45) is 0.727. The maximum absolute atomic E-state index is 14.0. The van der Waals surface area contributed by atoms with E-state index in [-0.39, 0.29) is 66.1 Å². The molecule has 0 spiro atoms. The average Bonchev–Trinajstić information content (AvgIpc) is 3.56. The zero-order valence-corrected chi connectivity index (χ0v) is 34.5. The number of carbonyl (C=O) groups excluding carboxylic acids is 2. The third-order valence-corrected chi connectivity index (χ3v) is 13.0. The van der Waals surface area contributed by atoms with E-state index in [4.69, 9.17) is 19.2 Å². The number of hydrogen-bond donors (Lipinski definition) is 2. The molecule has 59 heavy (non-hydrogen) atoms. The first-order chi connectivity index (χ1) is 28.0. The first kappa shape index (κ1) is 40.3. The molecule has 1 fully saturated rings. The molecule has 8 rings (SSSR count). The normalized spacial score (nSPS) is 20.2. The number of carbonyl (C=O) groups is 2. The predicted molar refractivity (Wildman–Crippen MR) is 220 cm³/mol. The molecule has 3 aliphatic heterocycles. The summed E-state index contributed by atoms with van der Waals surface area (Å²) in [6.45, 7) is 8.73. The molecule has 0 saturated carbocycles. The van der Waals surface area contributed by atoms with Crippen LogP contribution in [-0.2, 0) is 52.6 Å². The minimum atomic E-state index is -4.19. The number of nitrogens with one attached hydrogen (secondary N) is 1. The number of hydrogen-bond acceptors (Lipinski definition) is 12. The van der Waals surface area contributed by atoms with E-state index in [0.29, 0.717) is 24.2 Å². The van der Waals surface area contributed by atoms with Crippen LogP contribution in [0.25, 0.3) is 33.1 Å². The van der Waals surface area contributed by atoms with Crippen LogP contribution in [0.1, 0.15) is 77.0 Å². The number of piperidine rings is 1. The highest BCUT2D eigenvalue weighted by atomic mass is 32.2. The van der Waals surface area contributed by atoms with E-state index in [1.807, 2.05) is 82.3 Å². The second-order valence-electron chi connectivity index (χ2n) is 16.7.